The van der Waals surface area contributed by atoms with Crippen molar-refractivity contribution in [3.63, 3.8) is 0 Å². The van der Waals surface area contributed by atoms with Gasteiger partial charge in [0.15, 0.2) is 0 Å². The summed E-state index contributed by atoms with van der Waals surface area (Å²) in [7, 11) is 0. The maximum Gasteiger partial charge on any atom is 0.0597 e. The molecule has 0 aromatic heterocycles. The first-order chi connectivity index (χ1) is 8.56. The van der Waals surface area contributed by atoms with Gasteiger partial charge in [0, 0.05) is 12.0 Å². The lowest BCUT2D eigenvalue weighted by atomic mass is 9.77. The van der Waals surface area contributed by atoms with Crippen molar-refractivity contribution in [2.75, 3.05) is 0 Å². The standard InChI is InChI=1S/C16H29NO/c1-9-10(2)18-11(3)16(9)15(17)8-14-7-12-4-5-13(14)6-12/h9-16H,4-8,17H2,1-3H3. The molecule has 18 heavy (non-hydrogen) atoms. The Morgan fingerprint density at radius 3 is 2.39 bits per heavy atom. The molecule has 2 N–H and O–H groups in total. The monoisotopic (exact) mass is 251 g/mol. The second-order valence-electron chi connectivity index (χ2n) is 7.32. The van der Waals surface area contributed by atoms with Crippen LogP contribution in [-0.4, -0.2) is 18.2 Å². The van der Waals surface area contributed by atoms with Crippen LogP contribution in [0, 0.1) is 29.6 Å². The van der Waals surface area contributed by atoms with E-state index in [1.165, 1.54) is 32.1 Å². The molecule has 2 heteroatoms. The molecule has 8 unspecified atom stereocenters. The van der Waals surface area contributed by atoms with Crippen molar-refractivity contribution in [2.45, 2.75) is 71.1 Å². The predicted molar refractivity (Wildman–Crippen MR) is 74.2 cm³/mol. The molecule has 1 aliphatic heterocycles. The number of hydrogen-bond acceptors (Lipinski definition) is 2. The molecule has 1 heterocycles. The maximum absolute atomic E-state index is 6.55. The van der Waals surface area contributed by atoms with E-state index in [0.717, 1.165) is 17.8 Å². The van der Waals surface area contributed by atoms with Crippen LogP contribution < -0.4 is 5.73 Å². The summed E-state index contributed by atoms with van der Waals surface area (Å²) < 4.78 is 5.95. The van der Waals surface area contributed by atoms with E-state index in [2.05, 4.69) is 20.8 Å². The Labute approximate surface area is 112 Å². The van der Waals surface area contributed by atoms with Gasteiger partial charge in [-0.05, 0) is 63.2 Å². The van der Waals surface area contributed by atoms with Crippen molar-refractivity contribution in [2.24, 2.45) is 35.3 Å². The molecule has 3 fully saturated rings. The molecule has 2 aliphatic carbocycles. The summed E-state index contributed by atoms with van der Waals surface area (Å²) in [5.74, 6) is 4.16. The minimum atomic E-state index is 0.351. The van der Waals surface area contributed by atoms with Gasteiger partial charge in [-0.15, -0.1) is 0 Å². The molecule has 3 rings (SSSR count). The summed E-state index contributed by atoms with van der Waals surface area (Å²) >= 11 is 0. The molecule has 3 aliphatic rings. The summed E-state index contributed by atoms with van der Waals surface area (Å²) in [5.41, 5.74) is 6.55. The Balaban J connectivity index is 1.59. The van der Waals surface area contributed by atoms with Crippen LogP contribution in [0.15, 0.2) is 0 Å². The Morgan fingerprint density at radius 1 is 1.11 bits per heavy atom. The summed E-state index contributed by atoms with van der Waals surface area (Å²) in [6.07, 6.45) is 7.91. The zero-order valence-electron chi connectivity index (χ0n) is 12.1. The van der Waals surface area contributed by atoms with Crippen molar-refractivity contribution in [1.82, 2.24) is 0 Å². The summed E-state index contributed by atoms with van der Waals surface area (Å²) in [6.45, 7) is 6.73. The van der Waals surface area contributed by atoms with E-state index >= 15 is 0 Å². The van der Waals surface area contributed by atoms with Crippen molar-refractivity contribution < 1.29 is 4.74 Å². The highest BCUT2D eigenvalue weighted by atomic mass is 16.5. The second kappa shape index (κ2) is 4.79. The predicted octanol–water partition coefficient (Wildman–Crippen LogP) is 3.20. The largest absolute Gasteiger partial charge is 0.375 e. The molecular formula is C16H29NO. The molecule has 8 atom stereocenters. The molecule has 2 bridgehead atoms. The number of fused-ring (bicyclic) bond motifs is 2. The highest BCUT2D eigenvalue weighted by molar-refractivity contribution is 4.95. The van der Waals surface area contributed by atoms with Gasteiger partial charge in [-0.2, -0.15) is 0 Å². The number of ether oxygens (including phenoxy) is 1. The highest BCUT2D eigenvalue weighted by Gasteiger charge is 2.44. The zero-order valence-corrected chi connectivity index (χ0v) is 12.1. The van der Waals surface area contributed by atoms with Crippen LogP contribution in [0.1, 0.15) is 52.9 Å². The van der Waals surface area contributed by atoms with Gasteiger partial charge in [0.2, 0.25) is 0 Å². The zero-order chi connectivity index (χ0) is 12.9. The highest BCUT2D eigenvalue weighted by Crippen LogP contribution is 2.50. The Kier molecular flexibility index (Phi) is 3.44. The van der Waals surface area contributed by atoms with Crippen LogP contribution in [0.3, 0.4) is 0 Å². The van der Waals surface area contributed by atoms with Crippen molar-refractivity contribution in [3.8, 4) is 0 Å². The summed E-state index contributed by atoms with van der Waals surface area (Å²) in [6, 6.07) is 0.351. The van der Waals surface area contributed by atoms with Crippen molar-refractivity contribution in [1.29, 1.82) is 0 Å². The lowest BCUT2D eigenvalue weighted by Crippen LogP contribution is -2.39. The van der Waals surface area contributed by atoms with Crippen LogP contribution >= 0.6 is 0 Å². The third kappa shape index (κ3) is 2.12. The van der Waals surface area contributed by atoms with Gasteiger partial charge in [0.1, 0.15) is 0 Å². The lowest BCUT2D eigenvalue weighted by molar-refractivity contribution is 0.0477. The summed E-state index contributed by atoms with van der Waals surface area (Å²) in [4.78, 5) is 0. The minimum absolute atomic E-state index is 0.351. The van der Waals surface area contributed by atoms with Crippen LogP contribution in [0.5, 0.6) is 0 Å². The first kappa shape index (κ1) is 12.9. The smallest absolute Gasteiger partial charge is 0.0597 e. The van der Waals surface area contributed by atoms with Gasteiger partial charge >= 0.3 is 0 Å². The number of nitrogens with two attached hydrogens (primary N) is 1. The van der Waals surface area contributed by atoms with E-state index in [1.807, 2.05) is 0 Å². The van der Waals surface area contributed by atoms with Gasteiger partial charge < -0.3 is 10.5 Å². The normalized spacial score (nSPS) is 53.0. The molecule has 1 saturated heterocycles. The van der Waals surface area contributed by atoms with E-state index in [0.29, 0.717) is 30.1 Å². The van der Waals surface area contributed by atoms with Gasteiger partial charge in [0.25, 0.3) is 0 Å². The molecule has 2 saturated carbocycles. The fourth-order valence-electron chi connectivity index (χ4n) is 5.20. The third-order valence-corrected chi connectivity index (χ3v) is 6.27. The number of hydrogen-bond donors (Lipinski definition) is 1. The van der Waals surface area contributed by atoms with Crippen LogP contribution in [0.2, 0.25) is 0 Å². The lowest BCUT2D eigenvalue weighted by Gasteiger charge is -2.31. The molecule has 0 radical (unpaired) electrons. The van der Waals surface area contributed by atoms with E-state index < -0.39 is 0 Å². The topological polar surface area (TPSA) is 35.2 Å². The average molecular weight is 251 g/mol. The molecule has 0 spiro atoms. The van der Waals surface area contributed by atoms with Gasteiger partial charge in [-0.3, -0.25) is 0 Å². The summed E-state index contributed by atoms with van der Waals surface area (Å²) in [5, 5.41) is 0. The van der Waals surface area contributed by atoms with E-state index in [1.54, 1.807) is 0 Å². The SMILES string of the molecule is CC1OC(C)C(C(N)CC2CC3CCC2C3)C1C. The molecule has 0 aromatic rings. The van der Waals surface area contributed by atoms with Crippen LogP contribution in [0.4, 0.5) is 0 Å². The van der Waals surface area contributed by atoms with Gasteiger partial charge in [-0.25, -0.2) is 0 Å². The fraction of sp³-hybridized carbons (Fsp3) is 1.00. The quantitative estimate of drug-likeness (QED) is 0.836. The van der Waals surface area contributed by atoms with E-state index in [4.69, 9.17) is 10.5 Å². The molecule has 0 aromatic carbocycles. The molecular weight excluding hydrogens is 222 g/mol. The second-order valence-corrected chi connectivity index (χ2v) is 7.32. The van der Waals surface area contributed by atoms with Crippen LogP contribution in [-0.2, 0) is 4.74 Å². The van der Waals surface area contributed by atoms with E-state index in [-0.39, 0.29) is 0 Å². The first-order valence-corrected chi connectivity index (χ1v) is 7.97. The Hall–Kier alpha value is -0.0800. The first-order valence-electron chi connectivity index (χ1n) is 7.97. The Morgan fingerprint density at radius 2 is 1.89 bits per heavy atom. The van der Waals surface area contributed by atoms with Gasteiger partial charge in [0.05, 0.1) is 12.2 Å². The maximum atomic E-state index is 6.55. The van der Waals surface area contributed by atoms with Crippen LogP contribution in [0.25, 0.3) is 0 Å². The Bertz CT molecular complexity index is 305. The minimum Gasteiger partial charge on any atom is -0.375 e. The average Bonchev–Trinajstić information content (AvgIpc) is 2.95. The molecule has 0 amide bonds. The molecule has 104 valence electrons. The van der Waals surface area contributed by atoms with E-state index in [9.17, 15) is 0 Å². The fourth-order valence-corrected chi connectivity index (χ4v) is 5.20. The molecule has 2 nitrogen and oxygen atoms in total. The van der Waals surface area contributed by atoms with Crippen molar-refractivity contribution >= 4 is 0 Å². The third-order valence-electron chi connectivity index (χ3n) is 6.27. The van der Waals surface area contributed by atoms with Crippen molar-refractivity contribution in [3.05, 3.63) is 0 Å². The van der Waals surface area contributed by atoms with Gasteiger partial charge in [-0.1, -0.05) is 13.3 Å². The number of rotatable bonds is 3.